The van der Waals surface area contributed by atoms with E-state index in [2.05, 4.69) is 10.4 Å². The summed E-state index contributed by atoms with van der Waals surface area (Å²) in [6, 6.07) is 20.1. The number of anilines is 2. The van der Waals surface area contributed by atoms with Gasteiger partial charge in [-0.25, -0.2) is 0 Å². The van der Waals surface area contributed by atoms with Crippen molar-refractivity contribution in [3.05, 3.63) is 66.2 Å². The summed E-state index contributed by atoms with van der Waals surface area (Å²) >= 11 is 1.58. The van der Waals surface area contributed by atoms with Gasteiger partial charge in [0.05, 0.1) is 0 Å². The lowest BCUT2D eigenvalue weighted by Crippen LogP contribution is -3.00. The molecule has 0 aliphatic carbocycles. The SMILES string of the molecule is [Cl-].c1ccc(Nc2n[n+](-c3ccccc3)cs2)cc1. The van der Waals surface area contributed by atoms with Gasteiger partial charge in [-0.3, -0.25) is 0 Å². The number of aromatic nitrogens is 2. The van der Waals surface area contributed by atoms with E-state index in [9.17, 15) is 0 Å². The predicted octanol–water partition coefficient (Wildman–Crippen LogP) is 0.167. The number of benzene rings is 2. The molecule has 1 aromatic heterocycles. The van der Waals surface area contributed by atoms with Gasteiger partial charge in [0.25, 0.3) is 10.6 Å². The Morgan fingerprint density at radius 1 is 0.895 bits per heavy atom. The van der Waals surface area contributed by atoms with Gasteiger partial charge in [-0.1, -0.05) is 36.4 Å². The van der Waals surface area contributed by atoms with Crippen molar-refractivity contribution >= 4 is 22.2 Å². The minimum atomic E-state index is 0. The van der Waals surface area contributed by atoms with Crippen molar-refractivity contribution in [2.45, 2.75) is 0 Å². The van der Waals surface area contributed by atoms with Gasteiger partial charge < -0.3 is 17.7 Å². The molecule has 5 heteroatoms. The largest absolute Gasteiger partial charge is 1.00 e. The van der Waals surface area contributed by atoms with Crippen LogP contribution in [0.25, 0.3) is 5.69 Å². The molecular weight excluding hydrogens is 278 g/mol. The van der Waals surface area contributed by atoms with E-state index in [4.69, 9.17) is 0 Å². The predicted molar refractivity (Wildman–Crippen MR) is 73.4 cm³/mol. The third-order valence-corrected chi connectivity index (χ3v) is 3.22. The molecule has 0 amide bonds. The van der Waals surface area contributed by atoms with Crippen LogP contribution in [-0.4, -0.2) is 5.10 Å². The van der Waals surface area contributed by atoms with E-state index < -0.39 is 0 Å². The third-order valence-electron chi connectivity index (χ3n) is 2.51. The van der Waals surface area contributed by atoms with Crippen molar-refractivity contribution in [2.75, 3.05) is 5.32 Å². The lowest BCUT2D eigenvalue weighted by molar-refractivity contribution is -0.652. The summed E-state index contributed by atoms with van der Waals surface area (Å²) in [7, 11) is 0. The van der Waals surface area contributed by atoms with Gasteiger partial charge in [-0.2, -0.15) is 0 Å². The monoisotopic (exact) mass is 289 g/mol. The topological polar surface area (TPSA) is 28.8 Å². The molecule has 0 radical (unpaired) electrons. The number of halogens is 1. The summed E-state index contributed by atoms with van der Waals surface area (Å²) in [6.45, 7) is 0. The highest BCUT2D eigenvalue weighted by Gasteiger charge is 2.11. The summed E-state index contributed by atoms with van der Waals surface area (Å²) in [6.07, 6.45) is 0. The number of nitrogens with one attached hydrogen (secondary N) is 1. The van der Waals surface area contributed by atoms with E-state index in [1.807, 2.05) is 70.9 Å². The second kappa shape index (κ2) is 6.31. The van der Waals surface area contributed by atoms with E-state index in [-0.39, 0.29) is 12.4 Å². The molecule has 1 N–H and O–H groups in total. The first-order chi connectivity index (χ1) is 8.92. The molecule has 0 fully saturated rings. The molecule has 0 unspecified atom stereocenters. The van der Waals surface area contributed by atoms with Gasteiger partial charge in [0.2, 0.25) is 5.69 Å². The number of hydrogen-bond acceptors (Lipinski definition) is 3. The number of nitrogens with zero attached hydrogens (tertiary/aromatic N) is 2. The number of hydrogen-bond donors (Lipinski definition) is 1. The van der Waals surface area contributed by atoms with Crippen molar-refractivity contribution in [3.63, 3.8) is 0 Å². The van der Waals surface area contributed by atoms with Crippen LogP contribution < -0.4 is 22.4 Å². The summed E-state index contributed by atoms with van der Waals surface area (Å²) in [5.74, 6) is 0. The quantitative estimate of drug-likeness (QED) is 0.697. The molecule has 0 spiro atoms. The first-order valence-corrected chi connectivity index (χ1v) is 6.55. The molecule has 0 saturated heterocycles. The van der Waals surface area contributed by atoms with Crippen LogP contribution in [0.1, 0.15) is 0 Å². The van der Waals surface area contributed by atoms with Gasteiger partial charge in [0.15, 0.2) is 0 Å². The number of rotatable bonds is 3. The van der Waals surface area contributed by atoms with Crippen LogP contribution in [-0.2, 0) is 0 Å². The Morgan fingerprint density at radius 3 is 2.21 bits per heavy atom. The fourth-order valence-electron chi connectivity index (χ4n) is 1.64. The molecule has 0 aliphatic heterocycles. The van der Waals surface area contributed by atoms with Gasteiger partial charge >= 0.3 is 0 Å². The lowest BCUT2D eigenvalue weighted by atomic mass is 10.3. The molecule has 3 aromatic rings. The van der Waals surface area contributed by atoms with Crippen LogP contribution in [0.5, 0.6) is 0 Å². The maximum Gasteiger partial charge on any atom is 0.261 e. The Morgan fingerprint density at radius 2 is 1.53 bits per heavy atom. The zero-order chi connectivity index (χ0) is 12.2. The fourth-order valence-corrected chi connectivity index (χ4v) is 2.32. The Labute approximate surface area is 122 Å². The van der Waals surface area contributed by atoms with E-state index in [1.165, 1.54) is 0 Å². The molecule has 0 saturated carbocycles. The minimum Gasteiger partial charge on any atom is -1.00 e. The highest BCUT2D eigenvalue weighted by atomic mass is 35.5. The Kier molecular flexibility index (Phi) is 4.49. The van der Waals surface area contributed by atoms with Crippen LogP contribution in [0, 0.1) is 0 Å². The second-order valence-corrected chi connectivity index (χ2v) is 4.63. The average Bonchev–Trinajstić information content (AvgIpc) is 2.89. The highest BCUT2D eigenvalue weighted by molar-refractivity contribution is 7.13. The van der Waals surface area contributed by atoms with Crippen molar-refractivity contribution in [2.24, 2.45) is 0 Å². The van der Waals surface area contributed by atoms with Crippen LogP contribution in [0.2, 0.25) is 0 Å². The maximum atomic E-state index is 4.50. The van der Waals surface area contributed by atoms with E-state index in [1.54, 1.807) is 11.3 Å². The molecule has 0 atom stereocenters. The molecule has 96 valence electrons. The van der Waals surface area contributed by atoms with Crippen LogP contribution >= 0.6 is 11.3 Å². The van der Waals surface area contributed by atoms with Crippen LogP contribution in [0.4, 0.5) is 10.8 Å². The summed E-state index contributed by atoms with van der Waals surface area (Å²) in [5.41, 5.74) is 4.10. The Bertz CT molecular complexity index is 625. The fraction of sp³-hybridized carbons (Fsp3) is 0. The molecular formula is C14H12ClN3S. The van der Waals surface area contributed by atoms with Crippen molar-refractivity contribution < 1.29 is 17.1 Å². The first kappa shape index (κ1) is 13.5. The summed E-state index contributed by atoms with van der Waals surface area (Å²) < 4.78 is 1.87. The van der Waals surface area contributed by atoms with Gasteiger partial charge in [0, 0.05) is 22.9 Å². The number of para-hydroxylation sites is 2. The minimum absolute atomic E-state index is 0. The van der Waals surface area contributed by atoms with Crippen LogP contribution in [0.15, 0.2) is 66.2 Å². The Hall–Kier alpha value is -1.91. The smallest absolute Gasteiger partial charge is 0.261 e. The molecule has 0 bridgehead atoms. The van der Waals surface area contributed by atoms with E-state index in [0.717, 1.165) is 16.5 Å². The standard InChI is InChI=1S/C14H12N3S.ClH/c1-3-7-12(8-4-1)15-14-16-17(11-18-14)13-9-5-2-6-10-13;/h1-11H,(H,15,16);1H/q+1;/p-1. The second-order valence-electron chi connectivity index (χ2n) is 3.80. The van der Waals surface area contributed by atoms with Gasteiger partial charge in [0.1, 0.15) is 0 Å². The molecule has 2 aromatic carbocycles. The van der Waals surface area contributed by atoms with E-state index >= 15 is 0 Å². The van der Waals surface area contributed by atoms with E-state index in [0.29, 0.717) is 0 Å². The summed E-state index contributed by atoms with van der Waals surface area (Å²) in [4.78, 5) is 0. The zero-order valence-corrected chi connectivity index (χ0v) is 11.6. The van der Waals surface area contributed by atoms with Crippen molar-refractivity contribution in [1.82, 2.24) is 5.10 Å². The summed E-state index contributed by atoms with van der Waals surface area (Å²) in [5, 5.41) is 8.66. The lowest BCUT2D eigenvalue weighted by Gasteiger charge is -1.97. The molecule has 1 heterocycles. The van der Waals surface area contributed by atoms with Crippen LogP contribution in [0.3, 0.4) is 0 Å². The van der Waals surface area contributed by atoms with Crippen molar-refractivity contribution in [1.29, 1.82) is 0 Å². The molecule has 3 nitrogen and oxygen atoms in total. The zero-order valence-electron chi connectivity index (χ0n) is 10.0. The third kappa shape index (κ3) is 3.30. The highest BCUT2D eigenvalue weighted by Crippen LogP contribution is 2.16. The average molecular weight is 290 g/mol. The Balaban J connectivity index is 0.00000133. The normalized spacial score (nSPS) is 9.68. The molecule has 3 rings (SSSR count). The van der Waals surface area contributed by atoms with Crippen molar-refractivity contribution in [3.8, 4) is 5.69 Å². The van der Waals surface area contributed by atoms with Gasteiger partial charge in [-0.15, -0.1) is 0 Å². The first-order valence-electron chi connectivity index (χ1n) is 5.67. The maximum absolute atomic E-state index is 4.50. The molecule has 0 aliphatic rings. The van der Waals surface area contributed by atoms with Gasteiger partial charge in [-0.05, 0) is 28.2 Å². The molecule has 19 heavy (non-hydrogen) atoms.